The van der Waals surface area contributed by atoms with Crippen molar-refractivity contribution in [1.82, 2.24) is 0 Å². The Kier molecular flexibility index (Phi) is 7.80. The molecule has 8 nitrogen and oxygen atoms in total. The van der Waals surface area contributed by atoms with Crippen LogP contribution in [0, 0.1) is 27.7 Å². The van der Waals surface area contributed by atoms with Gasteiger partial charge in [-0.3, -0.25) is 13.8 Å². The Balaban J connectivity index is 1.79. The van der Waals surface area contributed by atoms with Crippen molar-refractivity contribution in [3.8, 4) is 0 Å². The van der Waals surface area contributed by atoms with Crippen molar-refractivity contribution in [2.24, 2.45) is 0 Å². The number of anilines is 3. The van der Waals surface area contributed by atoms with Crippen LogP contribution in [0.5, 0.6) is 0 Å². The maximum absolute atomic E-state index is 13.0. The van der Waals surface area contributed by atoms with Crippen LogP contribution in [0.4, 0.5) is 17.1 Å². The molecule has 1 amide bonds. The van der Waals surface area contributed by atoms with E-state index in [0.717, 1.165) is 32.8 Å². The molecule has 0 aliphatic heterocycles. The highest BCUT2D eigenvalue weighted by atomic mass is 32.2. The van der Waals surface area contributed by atoms with E-state index in [-0.39, 0.29) is 4.90 Å². The maximum atomic E-state index is 13.0. The molecule has 1 unspecified atom stereocenters. The lowest BCUT2D eigenvalue weighted by Gasteiger charge is -2.28. The summed E-state index contributed by atoms with van der Waals surface area (Å²) in [5.41, 5.74) is 4.85. The highest BCUT2D eigenvalue weighted by Crippen LogP contribution is 2.25. The Morgan fingerprint density at radius 3 is 2.00 bits per heavy atom. The average molecular weight is 530 g/mol. The molecule has 3 aromatic rings. The quantitative estimate of drug-likeness (QED) is 0.446. The largest absolute Gasteiger partial charge is 0.324 e. The molecule has 0 spiro atoms. The first-order valence-electron chi connectivity index (χ1n) is 11.3. The van der Waals surface area contributed by atoms with Crippen LogP contribution in [0.1, 0.15) is 29.2 Å². The second-order valence-corrected chi connectivity index (χ2v) is 12.5. The highest BCUT2D eigenvalue weighted by Gasteiger charge is 2.29. The van der Waals surface area contributed by atoms with Crippen LogP contribution in [0.3, 0.4) is 0 Å². The minimum Gasteiger partial charge on any atom is -0.324 e. The Bertz CT molecular complexity index is 1500. The molecule has 0 saturated heterocycles. The van der Waals surface area contributed by atoms with Crippen molar-refractivity contribution in [2.75, 3.05) is 20.6 Å². The maximum Gasteiger partial charge on any atom is 0.261 e. The second kappa shape index (κ2) is 10.3. The summed E-state index contributed by atoms with van der Waals surface area (Å²) in [6.45, 7) is 8.98. The number of hydrogen-bond donors (Lipinski definition) is 2. The number of carbonyl (C=O) groups excluding carboxylic acids is 1. The van der Waals surface area contributed by atoms with E-state index in [1.54, 1.807) is 24.3 Å². The van der Waals surface area contributed by atoms with Crippen LogP contribution < -0.4 is 14.3 Å². The standard InChI is InChI=1S/C26H31N3O5S2/c1-17-7-8-19(3)25(15-17)28-36(33,34)24-13-10-22(11-14-24)27-26(30)21(5)29(35(6,31)32)23-12-9-18(2)20(4)16-23/h7-16,21,28H,1-6H3,(H,27,30). The Morgan fingerprint density at radius 1 is 0.806 bits per heavy atom. The molecular weight excluding hydrogens is 498 g/mol. The van der Waals surface area contributed by atoms with E-state index in [4.69, 9.17) is 0 Å². The molecule has 2 N–H and O–H groups in total. The molecule has 0 fully saturated rings. The van der Waals surface area contributed by atoms with Gasteiger partial charge in [-0.25, -0.2) is 16.8 Å². The number of sulfonamides is 2. The summed E-state index contributed by atoms with van der Waals surface area (Å²) in [5, 5.41) is 2.67. The summed E-state index contributed by atoms with van der Waals surface area (Å²) in [7, 11) is -7.60. The number of aryl methyl sites for hydroxylation is 4. The normalized spacial score (nSPS) is 12.6. The molecule has 0 aromatic heterocycles. The SMILES string of the molecule is Cc1ccc(C)c(NS(=O)(=O)c2ccc(NC(=O)C(C)N(c3ccc(C)c(C)c3)S(C)(=O)=O)cc2)c1. The monoisotopic (exact) mass is 529 g/mol. The lowest BCUT2D eigenvalue weighted by atomic mass is 10.1. The number of nitrogens with one attached hydrogen (secondary N) is 2. The smallest absolute Gasteiger partial charge is 0.261 e. The van der Waals surface area contributed by atoms with Gasteiger partial charge in [0, 0.05) is 5.69 Å². The van der Waals surface area contributed by atoms with E-state index < -0.39 is 32.0 Å². The molecule has 10 heteroatoms. The molecule has 0 saturated carbocycles. The van der Waals surface area contributed by atoms with Crippen LogP contribution >= 0.6 is 0 Å². The van der Waals surface area contributed by atoms with Crippen LogP contribution in [-0.4, -0.2) is 35.0 Å². The van der Waals surface area contributed by atoms with Crippen LogP contribution in [0.15, 0.2) is 65.6 Å². The molecule has 0 aliphatic carbocycles. The van der Waals surface area contributed by atoms with Gasteiger partial charge in [0.2, 0.25) is 15.9 Å². The lowest BCUT2D eigenvalue weighted by molar-refractivity contribution is -0.116. The Morgan fingerprint density at radius 2 is 1.42 bits per heavy atom. The summed E-state index contributed by atoms with van der Waals surface area (Å²) in [6.07, 6.45) is 1.05. The molecule has 0 heterocycles. The summed E-state index contributed by atoms with van der Waals surface area (Å²) in [6, 6.07) is 15.3. The van der Waals surface area contributed by atoms with E-state index in [9.17, 15) is 21.6 Å². The minimum absolute atomic E-state index is 0.0300. The fraction of sp³-hybridized carbons (Fsp3) is 0.269. The van der Waals surface area contributed by atoms with E-state index in [2.05, 4.69) is 10.0 Å². The van der Waals surface area contributed by atoms with Crippen molar-refractivity contribution in [3.05, 3.63) is 82.9 Å². The van der Waals surface area contributed by atoms with Gasteiger partial charge in [0.1, 0.15) is 6.04 Å². The van der Waals surface area contributed by atoms with E-state index in [0.29, 0.717) is 17.1 Å². The zero-order valence-corrected chi connectivity index (χ0v) is 22.8. The van der Waals surface area contributed by atoms with Gasteiger partial charge >= 0.3 is 0 Å². The summed E-state index contributed by atoms with van der Waals surface area (Å²) in [4.78, 5) is 13.0. The number of amides is 1. The highest BCUT2D eigenvalue weighted by molar-refractivity contribution is 7.92. The molecule has 36 heavy (non-hydrogen) atoms. The van der Waals surface area contributed by atoms with Crippen molar-refractivity contribution in [2.45, 2.75) is 45.6 Å². The first kappa shape index (κ1) is 27.2. The van der Waals surface area contributed by atoms with Crippen molar-refractivity contribution >= 4 is 43.0 Å². The topological polar surface area (TPSA) is 113 Å². The van der Waals surface area contributed by atoms with Gasteiger partial charge in [-0.1, -0.05) is 18.2 Å². The average Bonchev–Trinajstić information content (AvgIpc) is 2.78. The van der Waals surface area contributed by atoms with Crippen LogP contribution in [0.2, 0.25) is 0 Å². The lowest BCUT2D eigenvalue weighted by Crippen LogP contribution is -2.45. The second-order valence-electron chi connectivity index (χ2n) is 8.94. The first-order chi connectivity index (χ1) is 16.7. The minimum atomic E-state index is -3.84. The van der Waals surface area contributed by atoms with Gasteiger partial charge in [0.25, 0.3) is 10.0 Å². The molecule has 3 aromatic carbocycles. The number of rotatable bonds is 8. The Labute approximate surface area is 213 Å². The first-order valence-corrected chi connectivity index (χ1v) is 14.6. The molecule has 1 atom stereocenters. The van der Waals surface area contributed by atoms with Gasteiger partial charge in [-0.2, -0.15) is 0 Å². The fourth-order valence-electron chi connectivity index (χ4n) is 3.69. The van der Waals surface area contributed by atoms with E-state index >= 15 is 0 Å². The molecule has 3 rings (SSSR count). The van der Waals surface area contributed by atoms with Gasteiger partial charge < -0.3 is 5.32 Å². The van der Waals surface area contributed by atoms with E-state index in [1.807, 2.05) is 39.8 Å². The number of hydrogen-bond acceptors (Lipinski definition) is 5. The van der Waals surface area contributed by atoms with Crippen LogP contribution in [0.25, 0.3) is 0 Å². The summed E-state index contributed by atoms with van der Waals surface area (Å²) >= 11 is 0. The molecule has 0 radical (unpaired) electrons. The van der Waals surface area contributed by atoms with Gasteiger partial charge in [-0.05, 0) is 99.3 Å². The van der Waals surface area contributed by atoms with Crippen molar-refractivity contribution < 1.29 is 21.6 Å². The summed E-state index contributed by atoms with van der Waals surface area (Å²) in [5.74, 6) is -0.553. The third kappa shape index (κ3) is 6.24. The zero-order chi connectivity index (χ0) is 26.8. The molecular formula is C26H31N3O5S2. The van der Waals surface area contributed by atoms with E-state index in [1.165, 1.54) is 31.2 Å². The van der Waals surface area contributed by atoms with Crippen LogP contribution in [-0.2, 0) is 24.8 Å². The molecule has 0 aliphatic rings. The zero-order valence-electron chi connectivity index (χ0n) is 21.2. The Hall–Kier alpha value is -3.37. The molecule has 192 valence electrons. The number of nitrogens with zero attached hydrogens (tertiary/aromatic N) is 1. The number of benzene rings is 3. The predicted molar refractivity (Wildman–Crippen MR) is 144 cm³/mol. The molecule has 0 bridgehead atoms. The fourth-order valence-corrected chi connectivity index (χ4v) is 5.97. The predicted octanol–water partition coefficient (Wildman–Crippen LogP) is 4.51. The van der Waals surface area contributed by atoms with Gasteiger partial charge in [0.15, 0.2) is 0 Å². The van der Waals surface area contributed by atoms with Gasteiger partial charge in [0.05, 0.1) is 22.5 Å². The third-order valence-electron chi connectivity index (χ3n) is 5.90. The number of carbonyl (C=O) groups is 1. The third-order valence-corrected chi connectivity index (χ3v) is 8.53. The summed E-state index contributed by atoms with van der Waals surface area (Å²) < 4.78 is 54.4. The van der Waals surface area contributed by atoms with Crippen molar-refractivity contribution in [1.29, 1.82) is 0 Å². The van der Waals surface area contributed by atoms with Gasteiger partial charge in [-0.15, -0.1) is 0 Å². The van der Waals surface area contributed by atoms with Crippen molar-refractivity contribution in [3.63, 3.8) is 0 Å².